The van der Waals surface area contributed by atoms with E-state index in [1.807, 2.05) is 13.8 Å². The van der Waals surface area contributed by atoms with E-state index in [1.165, 1.54) is 29.5 Å². The van der Waals surface area contributed by atoms with Crippen LogP contribution in [-0.4, -0.2) is 34.7 Å². The van der Waals surface area contributed by atoms with Gasteiger partial charge in [-0.1, -0.05) is 12.1 Å². The molecular weight excluding hydrogens is 418 g/mol. The molecule has 0 aliphatic rings. The number of para-hydroxylation sites is 1. The number of aromatic nitrogens is 3. The van der Waals surface area contributed by atoms with Crippen LogP contribution in [-0.2, 0) is 16.6 Å². The van der Waals surface area contributed by atoms with Crippen LogP contribution in [0.5, 0.6) is 0 Å². The van der Waals surface area contributed by atoms with Crippen molar-refractivity contribution in [1.82, 2.24) is 19.5 Å². The first kappa shape index (κ1) is 20.8. The molecule has 0 radical (unpaired) electrons. The van der Waals surface area contributed by atoms with Gasteiger partial charge in [0, 0.05) is 18.7 Å². The Kier molecular flexibility index (Phi) is 5.86. The van der Waals surface area contributed by atoms with Gasteiger partial charge >= 0.3 is 0 Å². The Balaban J connectivity index is 1.79. The van der Waals surface area contributed by atoms with Crippen LogP contribution >= 0.6 is 11.3 Å². The Bertz CT molecular complexity index is 1230. The molecule has 1 N–H and O–H groups in total. The number of nitro groups is 1. The molecule has 2 aromatic heterocycles. The summed E-state index contributed by atoms with van der Waals surface area (Å²) in [5.41, 5.74) is 0.447. The summed E-state index contributed by atoms with van der Waals surface area (Å²) in [6, 6.07) is 8.00. The van der Waals surface area contributed by atoms with E-state index in [9.17, 15) is 23.3 Å². The van der Waals surface area contributed by atoms with Crippen molar-refractivity contribution in [1.29, 1.82) is 0 Å². The first-order valence-corrected chi connectivity index (χ1v) is 10.7. The van der Waals surface area contributed by atoms with Crippen LogP contribution < -0.4 is 10.3 Å². The van der Waals surface area contributed by atoms with E-state index in [2.05, 4.69) is 14.8 Å². The highest BCUT2D eigenvalue weighted by Gasteiger charge is 2.24. The van der Waals surface area contributed by atoms with Crippen molar-refractivity contribution in [2.45, 2.75) is 25.3 Å². The third-order valence-electron chi connectivity index (χ3n) is 3.97. The molecular formula is C17H17N5O5S2. The molecule has 2 heterocycles. The SMILES string of the molecule is Cc1nc(C)c(-c2ccc(=O)n(CCNS(=O)(=O)c3ccccc3[N+](=O)[O-])n2)s1. The molecule has 29 heavy (non-hydrogen) atoms. The highest BCUT2D eigenvalue weighted by molar-refractivity contribution is 7.89. The van der Waals surface area contributed by atoms with E-state index in [4.69, 9.17) is 0 Å². The van der Waals surface area contributed by atoms with Crippen LogP contribution in [0.15, 0.2) is 46.1 Å². The number of benzene rings is 1. The normalized spacial score (nSPS) is 11.5. The van der Waals surface area contributed by atoms with Gasteiger partial charge in [0.2, 0.25) is 10.0 Å². The molecule has 0 unspecified atom stereocenters. The summed E-state index contributed by atoms with van der Waals surface area (Å²) < 4.78 is 28.3. The number of aryl methyl sites for hydroxylation is 2. The zero-order chi connectivity index (χ0) is 21.2. The Morgan fingerprint density at radius 2 is 1.93 bits per heavy atom. The number of nitro benzene ring substituents is 1. The topological polar surface area (TPSA) is 137 Å². The maximum Gasteiger partial charge on any atom is 0.289 e. The van der Waals surface area contributed by atoms with E-state index in [1.54, 1.807) is 6.07 Å². The average molecular weight is 435 g/mol. The second kappa shape index (κ2) is 8.19. The van der Waals surface area contributed by atoms with Crippen LogP contribution in [0.25, 0.3) is 10.6 Å². The number of hydrogen-bond donors (Lipinski definition) is 1. The summed E-state index contributed by atoms with van der Waals surface area (Å²) in [6.07, 6.45) is 0. The predicted octanol–water partition coefficient (Wildman–Crippen LogP) is 1.87. The fourth-order valence-corrected chi connectivity index (χ4v) is 4.77. The average Bonchev–Trinajstić information content (AvgIpc) is 3.01. The second-order valence-electron chi connectivity index (χ2n) is 6.05. The van der Waals surface area contributed by atoms with Gasteiger partial charge in [0.05, 0.1) is 27.0 Å². The molecule has 0 saturated carbocycles. The van der Waals surface area contributed by atoms with Gasteiger partial charge in [-0.3, -0.25) is 14.9 Å². The fourth-order valence-electron chi connectivity index (χ4n) is 2.70. The Hall–Kier alpha value is -2.96. The molecule has 0 atom stereocenters. The summed E-state index contributed by atoms with van der Waals surface area (Å²) in [5, 5.41) is 16.2. The van der Waals surface area contributed by atoms with Crippen LogP contribution in [0.3, 0.4) is 0 Å². The smallest absolute Gasteiger partial charge is 0.268 e. The van der Waals surface area contributed by atoms with E-state index < -0.39 is 31.1 Å². The summed E-state index contributed by atoms with van der Waals surface area (Å²) in [4.78, 5) is 27.1. The lowest BCUT2D eigenvalue weighted by molar-refractivity contribution is -0.387. The first-order chi connectivity index (χ1) is 13.7. The lowest BCUT2D eigenvalue weighted by atomic mass is 10.3. The molecule has 3 aromatic rings. The van der Waals surface area contributed by atoms with Crippen LogP contribution in [0.2, 0.25) is 0 Å². The quantitative estimate of drug-likeness (QED) is 0.442. The zero-order valence-electron chi connectivity index (χ0n) is 15.5. The van der Waals surface area contributed by atoms with Crippen molar-refractivity contribution in [2.75, 3.05) is 6.54 Å². The first-order valence-electron chi connectivity index (χ1n) is 8.44. The predicted molar refractivity (Wildman–Crippen MR) is 107 cm³/mol. The van der Waals surface area contributed by atoms with Crippen molar-refractivity contribution in [2.24, 2.45) is 0 Å². The number of sulfonamides is 1. The van der Waals surface area contributed by atoms with Crippen molar-refractivity contribution in [3.8, 4) is 10.6 Å². The molecule has 0 amide bonds. The summed E-state index contributed by atoms with van der Waals surface area (Å²) in [6.45, 7) is 3.51. The van der Waals surface area contributed by atoms with Crippen LogP contribution in [0.1, 0.15) is 10.7 Å². The van der Waals surface area contributed by atoms with Crippen LogP contribution in [0, 0.1) is 24.0 Å². The van der Waals surface area contributed by atoms with Crippen molar-refractivity contribution >= 4 is 27.0 Å². The minimum absolute atomic E-state index is 0.0383. The van der Waals surface area contributed by atoms with E-state index in [0.29, 0.717) is 5.69 Å². The second-order valence-corrected chi connectivity index (χ2v) is 8.99. The van der Waals surface area contributed by atoms with Crippen molar-refractivity contribution < 1.29 is 13.3 Å². The van der Waals surface area contributed by atoms with Gasteiger partial charge in [-0.15, -0.1) is 11.3 Å². The van der Waals surface area contributed by atoms with Crippen molar-refractivity contribution in [3.63, 3.8) is 0 Å². The minimum Gasteiger partial charge on any atom is -0.268 e. The van der Waals surface area contributed by atoms with Crippen molar-refractivity contribution in [3.05, 3.63) is 67.6 Å². The van der Waals surface area contributed by atoms with Gasteiger partial charge in [-0.25, -0.2) is 22.8 Å². The lowest BCUT2D eigenvalue weighted by Crippen LogP contribution is -2.32. The third kappa shape index (κ3) is 4.55. The molecule has 0 aliphatic carbocycles. The Morgan fingerprint density at radius 1 is 1.21 bits per heavy atom. The fraction of sp³-hybridized carbons (Fsp3) is 0.235. The van der Waals surface area contributed by atoms with Gasteiger partial charge < -0.3 is 0 Å². The minimum atomic E-state index is -4.13. The summed E-state index contributed by atoms with van der Waals surface area (Å²) in [7, 11) is -4.13. The van der Waals surface area contributed by atoms with Gasteiger partial charge in [-0.05, 0) is 26.0 Å². The Labute approximate surface area is 170 Å². The highest BCUT2D eigenvalue weighted by Crippen LogP contribution is 2.27. The van der Waals surface area contributed by atoms with E-state index in [0.717, 1.165) is 32.4 Å². The molecule has 10 nitrogen and oxygen atoms in total. The van der Waals surface area contributed by atoms with Gasteiger partial charge in [0.1, 0.15) is 5.69 Å². The molecule has 0 aliphatic heterocycles. The third-order valence-corrected chi connectivity index (χ3v) is 6.57. The van der Waals surface area contributed by atoms with Crippen LogP contribution in [0.4, 0.5) is 5.69 Å². The molecule has 0 fully saturated rings. The number of nitrogens with one attached hydrogen (secondary N) is 1. The summed E-state index contributed by atoms with van der Waals surface area (Å²) >= 11 is 1.45. The standard InChI is InChI=1S/C17H17N5O5S2/c1-11-17(28-12(2)19-11)13-7-8-16(23)21(20-13)10-9-18-29(26,27)15-6-4-3-5-14(15)22(24)25/h3-8,18H,9-10H2,1-2H3. The number of hydrogen-bond acceptors (Lipinski definition) is 8. The number of nitrogens with zero attached hydrogens (tertiary/aromatic N) is 4. The van der Waals surface area contributed by atoms with Gasteiger partial charge in [0.25, 0.3) is 11.2 Å². The van der Waals surface area contributed by atoms with E-state index >= 15 is 0 Å². The largest absolute Gasteiger partial charge is 0.289 e. The Morgan fingerprint density at radius 3 is 2.59 bits per heavy atom. The molecule has 0 bridgehead atoms. The maximum atomic E-state index is 12.4. The molecule has 152 valence electrons. The molecule has 0 saturated heterocycles. The maximum absolute atomic E-state index is 12.4. The van der Waals surface area contributed by atoms with Gasteiger partial charge in [0.15, 0.2) is 4.90 Å². The molecule has 0 spiro atoms. The molecule has 3 rings (SSSR count). The molecule has 1 aromatic carbocycles. The lowest BCUT2D eigenvalue weighted by Gasteiger charge is -2.09. The summed E-state index contributed by atoms with van der Waals surface area (Å²) in [5.74, 6) is 0. The van der Waals surface area contributed by atoms with Gasteiger partial charge in [-0.2, -0.15) is 5.10 Å². The number of thiazole rings is 1. The highest BCUT2D eigenvalue weighted by atomic mass is 32.2. The van der Waals surface area contributed by atoms with E-state index in [-0.39, 0.29) is 13.1 Å². The monoisotopic (exact) mass is 435 g/mol. The number of rotatable bonds is 7. The molecule has 12 heteroatoms. The zero-order valence-corrected chi connectivity index (χ0v) is 17.2.